The molecule has 0 fully saturated rings. The van der Waals surface area contributed by atoms with Crippen LogP contribution in [0.4, 0.5) is 0 Å². The lowest BCUT2D eigenvalue weighted by atomic mass is 9.92. The fourth-order valence-electron chi connectivity index (χ4n) is 1.24. The van der Waals surface area contributed by atoms with E-state index in [4.69, 9.17) is 11.7 Å². The van der Waals surface area contributed by atoms with Crippen LogP contribution >= 0.6 is 0 Å². The van der Waals surface area contributed by atoms with E-state index in [1.54, 1.807) is 0 Å². The fourth-order valence-corrected chi connectivity index (χ4v) is 1.24. The summed E-state index contributed by atoms with van der Waals surface area (Å²) >= 11 is 0. The molecule has 13 heavy (non-hydrogen) atoms. The highest BCUT2D eigenvalue weighted by Gasteiger charge is 2.59. The van der Waals surface area contributed by atoms with Crippen molar-refractivity contribution in [3.63, 3.8) is 0 Å². The maximum absolute atomic E-state index is 9.61. The first-order chi connectivity index (χ1) is 5.87. The molecule has 1 aliphatic rings. The molecule has 1 aliphatic carbocycles. The van der Waals surface area contributed by atoms with Gasteiger partial charge in [-0.15, -0.1) is 0 Å². The average Bonchev–Trinajstić information content (AvgIpc) is 2.32. The number of aliphatic hydroxyl groups is 4. The molecule has 0 saturated heterocycles. The van der Waals surface area contributed by atoms with Crippen LogP contribution in [0, 0.1) is 6.57 Å². The molecule has 5 nitrogen and oxygen atoms in total. The molecule has 4 N–H and O–H groups in total. The molecule has 0 aromatic carbocycles. The Hall–Kier alpha value is -0.930. The third kappa shape index (κ3) is 1.24. The van der Waals surface area contributed by atoms with Gasteiger partial charge in [0.05, 0.1) is 6.10 Å². The Morgan fingerprint density at radius 2 is 2.00 bits per heavy atom. The molecule has 0 radical (unpaired) electrons. The molecule has 1 rings (SSSR count). The summed E-state index contributed by atoms with van der Waals surface area (Å²) in [6.45, 7) is 7.88. The average molecular weight is 185 g/mol. The number of nitrogens with zero attached hydrogens (tertiary/aromatic N) is 1. The van der Waals surface area contributed by atoms with E-state index < -0.39 is 23.5 Å². The van der Waals surface area contributed by atoms with Crippen molar-refractivity contribution in [2.75, 3.05) is 0 Å². The van der Waals surface area contributed by atoms with Gasteiger partial charge in [0, 0.05) is 6.08 Å². The smallest absolute Gasteiger partial charge is 0.383 e. The Labute approximate surface area is 75.4 Å². The topological polar surface area (TPSA) is 85.3 Å². The Morgan fingerprint density at radius 3 is 2.23 bits per heavy atom. The molecule has 0 aliphatic heterocycles. The first-order valence-corrected chi connectivity index (χ1v) is 3.76. The number of aliphatic hydroxyl groups excluding tert-OH is 2. The standard InChI is InChI=1S/C8H11NO4/c1-5(10)7(12)3-4-8(13,9-2)6(7)11/h3-6,10-13H,1H3. The van der Waals surface area contributed by atoms with Gasteiger partial charge in [-0.1, -0.05) is 0 Å². The van der Waals surface area contributed by atoms with Gasteiger partial charge >= 0.3 is 5.72 Å². The van der Waals surface area contributed by atoms with Gasteiger partial charge in [-0.3, -0.25) is 4.85 Å². The molecule has 72 valence electrons. The number of hydrogen-bond acceptors (Lipinski definition) is 4. The molecule has 0 amide bonds. The lowest BCUT2D eigenvalue weighted by molar-refractivity contribution is -0.143. The van der Waals surface area contributed by atoms with Crippen LogP contribution in [0.5, 0.6) is 0 Å². The van der Waals surface area contributed by atoms with E-state index in [9.17, 15) is 15.3 Å². The Morgan fingerprint density at radius 1 is 1.46 bits per heavy atom. The van der Waals surface area contributed by atoms with Crippen molar-refractivity contribution in [1.29, 1.82) is 0 Å². The van der Waals surface area contributed by atoms with Gasteiger partial charge in [0.25, 0.3) is 0 Å². The van der Waals surface area contributed by atoms with Crippen molar-refractivity contribution in [3.8, 4) is 0 Å². The Bertz CT molecular complexity index is 282. The van der Waals surface area contributed by atoms with Crippen LogP contribution in [0.25, 0.3) is 4.85 Å². The number of rotatable bonds is 1. The van der Waals surface area contributed by atoms with Crippen LogP contribution < -0.4 is 0 Å². The second-order valence-electron chi connectivity index (χ2n) is 3.19. The number of hydrogen-bond donors (Lipinski definition) is 4. The quantitative estimate of drug-likeness (QED) is 0.300. The molecule has 4 unspecified atom stereocenters. The largest absolute Gasteiger partial charge is 0.390 e. The van der Waals surface area contributed by atoms with Crippen LogP contribution in [0.2, 0.25) is 0 Å². The van der Waals surface area contributed by atoms with E-state index in [0.717, 1.165) is 12.2 Å². The molecular formula is C8H11NO4. The fraction of sp³-hybridized carbons (Fsp3) is 0.625. The van der Waals surface area contributed by atoms with E-state index in [2.05, 4.69) is 4.85 Å². The van der Waals surface area contributed by atoms with E-state index in [-0.39, 0.29) is 0 Å². The van der Waals surface area contributed by atoms with E-state index in [1.165, 1.54) is 6.92 Å². The third-order valence-electron chi connectivity index (χ3n) is 2.28. The summed E-state index contributed by atoms with van der Waals surface area (Å²) in [6.07, 6.45) is -0.954. The third-order valence-corrected chi connectivity index (χ3v) is 2.28. The lowest BCUT2D eigenvalue weighted by Crippen LogP contribution is -2.54. The summed E-state index contributed by atoms with van der Waals surface area (Å²) in [6, 6.07) is 0. The lowest BCUT2D eigenvalue weighted by Gasteiger charge is -2.29. The van der Waals surface area contributed by atoms with Crippen molar-refractivity contribution in [2.45, 2.75) is 30.5 Å². The zero-order valence-corrected chi connectivity index (χ0v) is 7.05. The van der Waals surface area contributed by atoms with Crippen LogP contribution in [0.1, 0.15) is 6.92 Å². The Balaban J connectivity index is 3.03. The second-order valence-corrected chi connectivity index (χ2v) is 3.19. The molecule has 0 spiro atoms. The van der Waals surface area contributed by atoms with E-state index >= 15 is 0 Å². The molecular weight excluding hydrogens is 174 g/mol. The summed E-state index contributed by atoms with van der Waals surface area (Å²) in [5.41, 5.74) is -4.08. The van der Waals surface area contributed by atoms with Crippen molar-refractivity contribution < 1.29 is 20.4 Å². The molecule has 4 atom stereocenters. The van der Waals surface area contributed by atoms with Crippen LogP contribution in [0.3, 0.4) is 0 Å². The highest BCUT2D eigenvalue weighted by molar-refractivity contribution is 5.29. The van der Waals surface area contributed by atoms with Crippen molar-refractivity contribution in [1.82, 2.24) is 0 Å². The molecule has 0 aromatic heterocycles. The predicted octanol–water partition coefficient (Wildman–Crippen LogP) is -1.36. The summed E-state index contributed by atoms with van der Waals surface area (Å²) in [7, 11) is 0. The van der Waals surface area contributed by atoms with Crippen molar-refractivity contribution in [2.24, 2.45) is 0 Å². The van der Waals surface area contributed by atoms with Crippen LogP contribution in [-0.2, 0) is 0 Å². The molecule has 0 aromatic rings. The van der Waals surface area contributed by atoms with Crippen molar-refractivity contribution in [3.05, 3.63) is 23.6 Å². The van der Waals surface area contributed by atoms with Gasteiger partial charge in [0.1, 0.15) is 5.60 Å². The minimum atomic E-state index is -2.13. The normalized spacial score (nSPS) is 46.0. The van der Waals surface area contributed by atoms with Gasteiger partial charge in [-0.05, 0) is 13.0 Å². The molecule has 0 bridgehead atoms. The molecule has 0 heterocycles. The molecule has 0 saturated carbocycles. The van der Waals surface area contributed by atoms with Gasteiger partial charge in [-0.25, -0.2) is 6.57 Å². The summed E-state index contributed by atoms with van der Waals surface area (Å²) in [5, 5.41) is 37.5. The minimum Gasteiger partial charge on any atom is -0.390 e. The van der Waals surface area contributed by atoms with Gasteiger partial charge in [-0.2, -0.15) is 0 Å². The first kappa shape index (κ1) is 10.2. The summed E-state index contributed by atoms with van der Waals surface area (Å²) in [4.78, 5) is 2.78. The first-order valence-electron chi connectivity index (χ1n) is 3.76. The van der Waals surface area contributed by atoms with Gasteiger partial charge in [0.15, 0.2) is 6.10 Å². The maximum Gasteiger partial charge on any atom is 0.383 e. The summed E-state index contributed by atoms with van der Waals surface area (Å²) in [5.74, 6) is 0. The predicted molar refractivity (Wildman–Crippen MR) is 43.3 cm³/mol. The molecule has 5 heteroatoms. The van der Waals surface area contributed by atoms with Gasteiger partial charge < -0.3 is 20.4 Å². The monoisotopic (exact) mass is 185 g/mol. The Kier molecular flexibility index (Phi) is 2.18. The van der Waals surface area contributed by atoms with Crippen molar-refractivity contribution >= 4 is 0 Å². The highest BCUT2D eigenvalue weighted by Crippen LogP contribution is 2.34. The van der Waals surface area contributed by atoms with Crippen LogP contribution in [0.15, 0.2) is 12.2 Å². The highest BCUT2D eigenvalue weighted by atomic mass is 16.4. The van der Waals surface area contributed by atoms with Crippen LogP contribution in [-0.4, -0.2) is 44.0 Å². The van der Waals surface area contributed by atoms with E-state index in [0.29, 0.717) is 0 Å². The SMILES string of the molecule is [C-]#[N+]C1(O)C=CC(O)(C(C)O)C1O. The van der Waals surface area contributed by atoms with E-state index in [1.807, 2.05) is 0 Å². The maximum atomic E-state index is 9.61. The zero-order chi connectivity index (χ0) is 10.3. The zero-order valence-electron chi connectivity index (χ0n) is 7.05. The van der Waals surface area contributed by atoms with Gasteiger partial charge in [0.2, 0.25) is 0 Å². The second kappa shape index (κ2) is 2.79. The minimum absolute atomic E-state index is 0.984. The summed E-state index contributed by atoms with van der Waals surface area (Å²) < 4.78 is 0.